The van der Waals surface area contributed by atoms with Gasteiger partial charge in [0, 0.05) is 36.4 Å². The molecule has 0 unspecified atom stereocenters. The summed E-state index contributed by atoms with van der Waals surface area (Å²) in [6, 6.07) is 11.5. The van der Waals surface area contributed by atoms with Crippen LogP contribution in [-0.2, 0) is 21.2 Å². The number of fused-ring (bicyclic) bond motifs is 1. The van der Waals surface area contributed by atoms with Crippen LogP contribution >= 0.6 is 0 Å². The van der Waals surface area contributed by atoms with Gasteiger partial charge in [-0.2, -0.15) is 4.31 Å². The van der Waals surface area contributed by atoms with Crippen molar-refractivity contribution in [2.75, 3.05) is 23.7 Å². The summed E-state index contributed by atoms with van der Waals surface area (Å²) in [6.07, 6.45) is 3.80. The van der Waals surface area contributed by atoms with Gasteiger partial charge in [-0.3, -0.25) is 9.59 Å². The Morgan fingerprint density at radius 3 is 2.59 bits per heavy atom. The van der Waals surface area contributed by atoms with Crippen LogP contribution in [0.5, 0.6) is 0 Å². The first-order chi connectivity index (χ1) is 13.9. The predicted octanol–water partition coefficient (Wildman–Crippen LogP) is 3.00. The van der Waals surface area contributed by atoms with E-state index in [4.69, 9.17) is 0 Å². The molecule has 2 aliphatic rings. The lowest BCUT2D eigenvalue weighted by Gasteiger charge is -2.26. The lowest BCUT2D eigenvalue weighted by molar-refractivity contribution is -0.116. The number of hydrogen-bond acceptors (Lipinski definition) is 4. The van der Waals surface area contributed by atoms with Gasteiger partial charge in [-0.25, -0.2) is 8.42 Å². The molecule has 2 aromatic carbocycles. The first-order valence-corrected chi connectivity index (χ1v) is 11.2. The standard InChI is InChI=1S/C21H23N3O4S/c25-20-10-7-15-13-17(8-9-19(15)23-20)22-21(26)16-5-4-6-18(14-16)29(27,28)24-11-2-1-3-12-24/h4-6,8-9,13-14H,1-3,7,10-12H2,(H,22,26)(H,23,25). The van der Waals surface area contributed by atoms with E-state index in [2.05, 4.69) is 10.6 Å². The van der Waals surface area contributed by atoms with Gasteiger partial charge in [0.25, 0.3) is 5.91 Å². The SMILES string of the molecule is O=C1CCc2cc(NC(=O)c3cccc(S(=O)(=O)N4CCCCC4)c3)ccc2N1. The second-order valence-corrected chi connectivity index (χ2v) is 9.30. The van der Waals surface area contributed by atoms with E-state index in [-0.39, 0.29) is 22.3 Å². The molecule has 2 N–H and O–H groups in total. The third-order valence-electron chi connectivity index (χ3n) is 5.31. The zero-order valence-electron chi connectivity index (χ0n) is 16.0. The van der Waals surface area contributed by atoms with Crippen LogP contribution in [0, 0.1) is 0 Å². The first kappa shape index (κ1) is 19.6. The number of carbonyl (C=O) groups is 2. The fourth-order valence-electron chi connectivity index (χ4n) is 3.72. The van der Waals surface area contributed by atoms with Crippen LogP contribution in [0.3, 0.4) is 0 Å². The second-order valence-electron chi connectivity index (χ2n) is 7.37. The van der Waals surface area contributed by atoms with Crippen LogP contribution in [0.4, 0.5) is 11.4 Å². The molecule has 1 saturated heterocycles. The third-order valence-corrected chi connectivity index (χ3v) is 7.20. The number of nitrogens with zero attached hydrogens (tertiary/aromatic N) is 1. The van der Waals surface area contributed by atoms with E-state index in [1.54, 1.807) is 24.3 Å². The molecule has 152 valence electrons. The summed E-state index contributed by atoms with van der Waals surface area (Å²) in [6.45, 7) is 1.04. The molecule has 0 aromatic heterocycles. The normalized spacial score (nSPS) is 17.3. The van der Waals surface area contributed by atoms with Gasteiger partial charge in [-0.1, -0.05) is 12.5 Å². The van der Waals surface area contributed by atoms with E-state index >= 15 is 0 Å². The summed E-state index contributed by atoms with van der Waals surface area (Å²) in [5.74, 6) is -0.387. The number of nitrogens with one attached hydrogen (secondary N) is 2. The summed E-state index contributed by atoms with van der Waals surface area (Å²) in [5.41, 5.74) is 2.61. The van der Waals surface area contributed by atoms with E-state index in [0.717, 1.165) is 30.5 Å². The topological polar surface area (TPSA) is 95.6 Å². The number of aryl methyl sites for hydroxylation is 1. The number of carbonyl (C=O) groups excluding carboxylic acids is 2. The minimum absolute atomic E-state index is 0.0129. The van der Waals surface area contributed by atoms with E-state index in [1.165, 1.54) is 16.4 Å². The maximum absolute atomic E-state index is 12.9. The Kier molecular flexibility index (Phi) is 5.38. The molecule has 0 radical (unpaired) electrons. The maximum atomic E-state index is 12.9. The Morgan fingerprint density at radius 2 is 1.79 bits per heavy atom. The minimum atomic E-state index is -3.60. The van der Waals surface area contributed by atoms with Crippen LogP contribution in [0.15, 0.2) is 47.4 Å². The van der Waals surface area contributed by atoms with Crippen molar-refractivity contribution in [3.8, 4) is 0 Å². The fraction of sp³-hybridized carbons (Fsp3) is 0.333. The van der Waals surface area contributed by atoms with Crippen LogP contribution in [0.2, 0.25) is 0 Å². The van der Waals surface area contributed by atoms with E-state index in [1.807, 2.05) is 6.07 Å². The van der Waals surface area contributed by atoms with Crippen molar-refractivity contribution in [3.63, 3.8) is 0 Å². The molecule has 0 bridgehead atoms. The Balaban J connectivity index is 1.52. The molecule has 4 rings (SSSR count). The molecule has 29 heavy (non-hydrogen) atoms. The molecule has 7 nitrogen and oxygen atoms in total. The number of anilines is 2. The van der Waals surface area contributed by atoms with Gasteiger partial charge >= 0.3 is 0 Å². The van der Waals surface area contributed by atoms with Crippen molar-refractivity contribution < 1.29 is 18.0 Å². The second kappa shape index (κ2) is 7.96. The molecule has 2 aliphatic heterocycles. The van der Waals surface area contributed by atoms with Crippen molar-refractivity contribution in [1.82, 2.24) is 4.31 Å². The summed E-state index contributed by atoms with van der Waals surface area (Å²) in [5, 5.41) is 5.62. The number of sulfonamides is 1. The minimum Gasteiger partial charge on any atom is -0.326 e. The number of rotatable bonds is 4. The zero-order valence-corrected chi connectivity index (χ0v) is 16.8. The fourth-order valence-corrected chi connectivity index (χ4v) is 5.28. The molecule has 8 heteroatoms. The van der Waals surface area contributed by atoms with Crippen molar-refractivity contribution in [2.24, 2.45) is 0 Å². The van der Waals surface area contributed by atoms with Crippen molar-refractivity contribution in [3.05, 3.63) is 53.6 Å². The molecule has 0 spiro atoms. The molecule has 1 fully saturated rings. The molecule has 2 aromatic rings. The summed E-state index contributed by atoms with van der Waals surface area (Å²) in [7, 11) is -3.60. The molecular weight excluding hydrogens is 390 g/mol. The largest absolute Gasteiger partial charge is 0.326 e. The Hall–Kier alpha value is -2.71. The molecular formula is C21H23N3O4S. The zero-order chi connectivity index (χ0) is 20.4. The average Bonchev–Trinajstić information content (AvgIpc) is 2.74. The van der Waals surface area contributed by atoms with Gasteiger partial charge in [0.15, 0.2) is 0 Å². The number of hydrogen-bond donors (Lipinski definition) is 2. The van der Waals surface area contributed by atoms with Gasteiger partial charge < -0.3 is 10.6 Å². The Labute approximate surface area is 170 Å². The first-order valence-electron chi connectivity index (χ1n) is 9.78. The van der Waals surface area contributed by atoms with Crippen molar-refractivity contribution >= 4 is 33.2 Å². The van der Waals surface area contributed by atoms with Crippen LogP contribution in [0.25, 0.3) is 0 Å². The highest BCUT2D eigenvalue weighted by molar-refractivity contribution is 7.89. The lowest BCUT2D eigenvalue weighted by Crippen LogP contribution is -2.35. The van der Waals surface area contributed by atoms with Crippen molar-refractivity contribution in [2.45, 2.75) is 37.0 Å². The van der Waals surface area contributed by atoms with Crippen LogP contribution in [-0.4, -0.2) is 37.6 Å². The van der Waals surface area contributed by atoms with Gasteiger partial charge in [0.1, 0.15) is 0 Å². The van der Waals surface area contributed by atoms with E-state index in [0.29, 0.717) is 31.6 Å². The number of benzene rings is 2. The third kappa shape index (κ3) is 4.18. The average molecular weight is 413 g/mol. The molecule has 0 saturated carbocycles. The summed E-state index contributed by atoms with van der Waals surface area (Å²) < 4.78 is 27.2. The van der Waals surface area contributed by atoms with Gasteiger partial charge in [0.2, 0.25) is 15.9 Å². The highest BCUT2D eigenvalue weighted by Crippen LogP contribution is 2.26. The Morgan fingerprint density at radius 1 is 1.00 bits per heavy atom. The molecule has 0 aliphatic carbocycles. The van der Waals surface area contributed by atoms with Crippen LogP contribution < -0.4 is 10.6 Å². The predicted molar refractivity (Wildman–Crippen MR) is 110 cm³/mol. The monoisotopic (exact) mass is 413 g/mol. The van der Waals surface area contributed by atoms with Crippen molar-refractivity contribution in [1.29, 1.82) is 0 Å². The Bertz CT molecular complexity index is 1060. The highest BCUT2D eigenvalue weighted by Gasteiger charge is 2.26. The van der Waals surface area contributed by atoms with Crippen LogP contribution in [0.1, 0.15) is 41.6 Å². The molecule has 0 atom stereocenters. The molecule has 2 amide bonds. The number of amides is 2. The smallest absolute Gasteiger partial charge is 0.255 e. The summed E-state index contributed by atoms with van der Waals surface area (Å²) in [4.78, 5) is 24.3. The maximum Gasteiger partial charge on any atom is 0.255 e. The van der Waals surface area contributed by atoms with Gasteiger partial charge in [-0.15, -0.1) is 0 Å². The highest BCUT2D eigenvalue weighted by atomic mass is 32.2. The van der Waals surface area contributed by atoms with Gasteiger partial charge in [0.05, 0.1) is 4.90 Å². The van der Waals surface area contributed by atoms with E-state index < -0.39 is 10.0 Å². The lowest BCUT2D eigenvalue weighted by atomic mass is 10.0. The quantitative estimate of drug-likeness (QED) is 0.805. The number of piperidine rings is 1. The molecule has 2 heterocycles. The van der Waals surface area contributed by atoms with Gasteiger partial charge in [-0.05, 0) is 61.2 Å². The summed E-state index contributed by atoms with van der Waals surface area (Å²) >= 11 is 0. The van der Waals surface area contributed by atoms with E-state index in [9.17, 15) is 18.0 Å².